The predicted octanol–water partition coefficient (Wildman–Crippen LogP) is -3.01. The monoisotopic (exact) mass is 418 g/mol. The summed E-state index contributed by atoms with van der Waals surface area (Å²) in [6.45, 7) is 2.10. The first-order valence-electron chi connectivity index (χ1n) is 9.25. The molecule has 0 spiro atoms. The second kappa shape index (κ2) is 7.87. The minimum absolute atomic E-state index is 0.151. The van der Waals surface area contributed by atoms with Gasteiger partial charge in [-0.2, -0.15) is 5.43 Å². The Labute approximate surface area is 170 Å². The minimum Gasteiger partial charge on any atom is -0.859 e. The number of fused-ring (bicyclic) bond motifs is 1. The highest BCUT2D eigenvalue weighted by Crippen LogP contribution is 2.15. The van der Waals surface area contributed by atoms with Gasteiger partial charge >= 0.3 is 23.5 Å². The Morgan fingerprint density at radius 2 is 1.90 bits per heavy atom. The van der Waals surface area contributed by atoms with Crippen LogP contribution in [0.25, 0.3) is 0 Å². The quantitative estimate of drug-likeness (QED) is 0.292. The zero-order valence-electron chi connectivity index (χ0n) is 17.0. The third kappa shape index (κ3) is 3.35. The van der Waals surface area contributed by atoms with E-state index in [9.17, 15) is 24.3 Å². The van der Waals surface area contributed by atoms with E-state index in [0.717, 1.165) is 22.1 Å². The number of amides is 3. The average molecular weight is 418 g/mol. The lowest BCUT2D eigenvalue weighted by Gasteiger charge is -2.30. The fourth-order valence-corrected chi connectivity index (χ4v) is 3.14. The number of H-pyrrole nitrogens is 1. The van der Waals surface area contributed by atoms with Crippen LogP contribution in [0.5, 0.6) is 5.88 Å². The smallest absolute Gasteiger partial charge is 0.421 e. The van der Waals surface area contributed by atoms with Gasteiger partial charge in [-0.3, -0.25) is 19.5 Å². The van der Waals surface area contributed by atoms with Gasteiger partial charge in [0.15, 0.2) is 0 Å². The van der Waals surface area contributed by atoms with Crippen molar-refractivity contribution in [3.63, 3.8) is 0 Å². The number of likely N-dealkylation sites (N-methyl/N-ethyl adjacent to an activating group) is 3. The van der Waals surface area contributed by atoms with Crippen LogP contribution in [0, 0.1) is 0 Å². The SMILES string of the molecule is CCCCn1c([O-])c(/C=N/NC2=[N+]=C3C(C(=O)N(C)C(=O)N3C)N2C)c(=O)[nH]c1=O. The summed E-state index contributed by atoms with van der Waals surface area (Å²) in [5.41, 5.74) is 0.647. The molecular weight excluding hydrogens is 396 g/mol. The molecule has 3 heterocycles. The lowest BCUT2D eigenvalue weighted by Crippen LogP contribution is -2.63. The van der Waals surface area contributed by atoms with Crippen LogP contribution in [-0.4, -0.2) is 81.4 Å². The van der Waals surface area contributed by atoms with E-state index in [2.05, 4.69) is 20.2 Å². The number of hydrazone groups is 1. The molecule has 0 aromatic carbocycles. The molecule has 2 aliphatic rings. The third-order valence-corrected chi connectivity index (χ3v) is 4.95. The Balaban J connectivity index is 1.87. The maximum Gasteiger partial charge on any atom is 0.421 e. The summed E-state index contributed by atoms with van der Waals surface area (Å²) in [4.78, 5) is 54.2. The molecule has 0 radical (unpaired) electrons. The number of urea groups is 1. The first kappa shape index (κ1) is 20.9. The molecule has 2 N–H and O–H groups in total. The van der Waals surface area contributed by atoms with Crippen molar-refractivity contribution < 1.29 is 14.7 Å². The molecular formula is C17H22N8O5. The molecule has 160 valence electrons. The second-order valence-electron chi connectivity index (χ2n) is 6.90. The number of hydrogen-bond acceptors (Lipinski definition) is 8. The lowest BCUT2D eigenvalue weighted by molar-refractivity contribution is -0.280. The zero-order valence-corrected chi connectivity index (χ0v) is 17.0. The van der Waals surface area contributed by atoms with Gasteiger partial charge in [0.2, 0.25) is 6.04 Å². The summed E-state index contributed by atoms with van der Waals surface area (Å²) >= 11 is 0. The van der Waals surface area contributed by atoms with Crippen molar-refractivity contribution >= 4 is 29.9 Å². The number of imide groups is 1. The number of amidine groups is 1. The molecule has 1 aromatic rings. The number of unbranched alkanes of at least 4 members (excludes halogenated alkanes) is 1. The van der Waals surface area contributed by atoms with Crippen molar-refractivity contribution in [3.05, 3.63) is 26.4 Å². The Bertz CT molecular complexity index is 1110. The van der Waals surface area contributed by atoms with E-state index in [4.69, 9.17) is 0 Å². The minimum atomic E-state index is -0.852. The van der Waals surface area contributed by atoms with Crippen molar-refractivity contribution in [2.24, 2.45) is 5.10 Å². The first-order valence-corrected chi connectivity index (χ1v) is 9.25. The molecule has 13 nitrogen and oxygen atoms in total. The van der Waals surface area contributed by atoms with E-state index < -0.39 is 35.1 Å². The number of rotatable bonds is 5. The standard InChI is InChI=1S/C17H22N8O5/c1-5-6-7-25-13(27)9(12(26)20-16(25)29)8-18-21-15-19-11-10(22(15)2)14(28)24(4)17(30)23(11)3/h8,10H,5-7H2,1-4H3,(H2,18,20,26,27,29). The summed E-state index contributed by atoms with van der Waals surface area (Å²) in [5, 5.41) is 16.3. The molecule has 1 atom stereocenters. The van der Waals surface area contributed by atoms with E-state index in [1.165, 1.54) is 23.9 Å². The number of carbonyl (C=O) groups excluding carboxylic acids is 2. The molecule has 30 heavy (non-hydrogen) atoms. The van der Waals surface area contributed by atoms with Crippen LogP contribution in [0.3, 0.4) is 0 Å². The van der Waals surface area contributed by atoms with Crippen LogP contribution in [0.15, 0.2) is 14.7 Å². The van der Waals surface area contributed by atoms with Crippen molar-refractivity contribution in [2.75, 3.05) is 21.1 Å². The van der Waals surface area contributed by atoms with Gasteiger partial charge in [0.1, 0.15) is 0 Å². The summed E-state index contributed by atoms with van der Waals surface area (Å²) < 4.78 is 5.18. The highest BCUT2D eigenvalue weighted by Gasteiger charge is 2.53. The van der Waals surface area contributed by atoms with Gasteiger partial charge in [-0.1, -0.05) is 13.3 Å². The number of hydrogen-bond donors (Lipinski definition) is 2. The molecule has 0 bridgehead atoms. The number of guanidine groups is 1. The van der Waals surface area contributed by atoms with Gasteiger partial charge in [-0.15, -0.1) is 5.10 Å². The number of carbonyl (C=O) groups is 2. The topological polar surface area (TPSA) is 160 Å². The van der Waals surface area contributed by atoms with Crippen LogP contribution < -0.4 is 26.4 Å². The molecule has 3 rings (SSSR count). The van der Waals surface area contributed by atoms with Crippen molar-refractivity contribution in [3.8, 4) is 5.88 Å². The maximum atomic E-state index is 12.5. The van der Waals surface area contributed by atoms with E-state index >= 15 is 0 Å². The maximum absolute atomic E-state index is 12.5. The van der Waals surface area contributed by atoms with Crippen LogP contribution in [-0.2, 0) is 11.3 Å². The van der Waals surface area contributed by atoms with Crippen molar-refractivity contribution in [2.45, 2.75) is 32.4 Å². The molecule has 3 amide bonds. The van der Waals surface area contributed by atoms with Crippen molar-refractivity contribution in [1.82, 2.24) is 34.3 Å². The van der Waals surface area contributed by atoms with Crippen LogP contribution in [0.2, 0.25) is 0 Å². The number of aromatic nitrogens is 2. The molecule has 1 saturated heterocycles. The van der Waals surface area contributed by atoms with Gasteiger partial charge in [-0.25, -0.2) is 24.1 Å². The third-order valence-electron chi connectivity index (χ3n) is 4.95. The normalized spacial score (nSPS) is 18.8. The van der Waals surface area contributed by atoms with Crippen molar-refractivity contribution in [1.29, 1.82) is 0 Å². The second-order valence-corrected chi connectivity index (χ2v) is 6.90. The molecule has 0 aliphatic carbocycles. The molecule has 0 saturated carbocycles. The summed E-state index contributed by atoms with van der Waals surface area (Å²) in [6.07, 6.45) is 2.37. The Morgan fingerprint density at radius 1 is 1.20 bits per heavy atom. The zero-order chi connectivity index (χ0) is 22.2. The fourth-order valence-electron chi connectivity index (χ4n) is 3.14. The van der Waals surface area contributed by atoms with Crippen LogP contribution in [0.1, 0.15) is 25.3 Å². The fraction of sp³-hybridized carbons (Fsp3) is 0.471. The van der Waals surface area contributed by atoms with E-state index in [0.29, 0.717) is 6.42 Å². The average Bonchev–Trinajstić information content (AvgIpc) is 3.03. The number of nitrogens with zero attached hydrogens (tertiary/aromatic N) is 6. The highest BCUT2D eigenvalue weighted by atomic mass is 16.3. The molecule has 1 aromatic heterocycles. The van der Waals surface area contributed by atoms with Gasteiger partial charge in [0.05, 0.1) is 18.8 Å². The van der Waals surface area contributed by atoms with Gasteiger partial charge in [0, 0.05) is 20.6 Å². The van der Waals surface area contributed by atoms with Gasteiger partial charge in [0.25, 0.3) is 11.5 Å². The van der Waals surface area contributed by atoms with E-state index in [-0.39, 0.29) is 23.9 Å². The largest absolute Gasteiger partial charge is 0.859 e. The summed E-state index contributed by atoms with van der Waals surface area (Å²) in [5.74, 6) is -0.799. The van der Waals surface area contributed by atoms with Crippen LogP contribution in [0.4, 0.5) is 4.79 Å². The Morgan fingerprint density at radius 3 is 2.57 bits per heavy atom. The lowest BCUT2D eigenvalue weighted by atomic mass is 10.1. The summed E-state index contributed by atoms with van der Waals surface area (Å²) in [6, 6.07) is -1.31. The molecule has 1 fully saturated rings. The predicted molar refractivity (Wildman–Crippen MR) is 106 cm³/mol. The Kier molecular flexibility index (Phi) is 5.47. The van der Waals surface area contributed by atoms with Gasteiger partial charge < -0.3 is 9.67 Å². The van der Waals surface area contributed by atoms with Crippen LogP contribution >= 0.6 is 0 Å². The Hall–Kier alpha value is -3.86. The van der Waals surface area contributed by atoms with E-state index in [1.807, 2.05) is 6.92 Å². The molecule has 1 unspecified atom stereocenters. The number of nitrogens with one attached hydrogen (secondary N) is 2. The van der Waals surface area contributed by atoms with Gasteiger partial charge in [-0.05, 0) is 12.3 Å². The van der Waals surface area contributed by atoms with E-state index in [1.54, 1.807) is 7.05 Å². The highest BCUT2D eigenvalue weighted by molar-refractivity contribution is 6.23. The first-order chi connectivity index (χ1) is 14.2. The number of aromatic amines is 1. The molecule has 2 aliphatic heterocycles. The molecule has 13 heteroatoms. The summed E-state index contributed by atoms with van der Waals surface area (Å²) in [7, 11) is 4.47.